The van der Waals surface area contributed by atoms with Crippen LogP contribution in [-0.2, 0) is 10.0 Å². The molecule has 0 atom stereocenters. The Morgan fingerprint density at radius 3 is 2.21 bits per heavy atom. The number of hydrogen-bond acceptors (Lipinski definition) is 3. The number of sulfonamides is 1. The highest BCUT2D eigenvalue weighted by atomic mass is 32.2. The van der Waals surface area contributed by atoms with E-state index in [1.807, 2.05) is 0 Å². The van der Waals surface area contributed by atoms with Gasteiger partial charge in [0.25, 0.3) is 0 Å². The molecule has 0 N–H and O–H groups in total. The molecule has 0 spiro atoms. The van der Waals surface area contributed by atoms with Crippen LogP contribution < -0.4 is 0 Å². The normalized spacial score (nSPS) is 22.4. The van der Waals surface area contributed by atoms with Gasteiger partial charge in [-0.3, -0.25) is 4.90 Å². The average molecular weight is 354 g/mol. The van der Waals surface area contributed by atoms with Crippen LogP contribution in [0.3, 0.4) is 0 Å². The van der Waals surface area contributed by atoms with E-state index < -0.39 is 10.0 Å². The number of halogens is 1. The average Bonchev–Trinajstić information content (AvgIpc) is 2.86. The molecule has 4 nitrogen and oxygen atoms in total. The van der Waals surface area contributed by atoms with Crippen molar-refractivity contribution in [2.24, 2.45) is 0 Å². The molecule has 3 rings (SSSR count). The lowest BCUT2D eigenvalue weighted by Crippen LogP contribution is -2.51. The van der Waals surface area contributed by atoms with Gasteiger partial charge < -0.3 is 0 Å². The maximum Gasteiger partial charge on any atom is 0.243 e. The van der Waals surface area contributed by atoms with Crippen LogP contribution in [0.4, 0.5) is 4.39 Å². The fourth-order valence-electron chi connectivity index (χ4n) is 3.86. The van der Waals surface area contributed by atoms with Crippen LogP contribution in [0, 0.1) is 12.7 Å². The molecule has 2 fully saturated rings. The Balaban J connectivity index is 1.65. The topological polar surface area (TPSA) is 40.6 Å². The van der Waals surface area contributed by atoms with Crippen molar-refractivity contribution in [2.45, 2.75) is 56.4 Å². The quantitative estimate of drug-likeness (QED) is 0.783. The summed E-state index contributed by atoms with van der Waals surface area (Å²) < 4.78 is 40.5. The summed E-state index contributed by atoms with van der Waals surface area (Å²) in [6.45, 7) is 4.23. The van der Waals surface area contributed by atoms with Gasteiger partial charge in [0.05, 0.1) is 4.90 Å². The van der Waals surface area contributed by atoms with Crippen LogP contribution in [-0.4, -0.2) is 49.8 Å². The van der Waals surface area contributed by atoms with E-state index >= 15 is 0 Å². The van der Waals surface area contributed by atoms with Gasteiger partial charge in [0, 0.05) is 32.2 Å². The molecule has 134 valence electrons. The molecule has 6 heteroatoms. The molecule has 0 amide bonds. The number of nitrogens with zero attached hydrogens (tertiary/aromatic N) is 2. The zero-order valence-electron chi connectivity index (χ0n) is 14.4. The van der Waals surface area contributed by atoms with Crippen LogP contribution >= 0.6 is 0 Å². The molecule has 24 heavy (non-hydrogen) atoms. The predicted octanol–water partition coefficient (Wildman–Crippen LogP) is 3.16. The van der Waals surface area contributed by atoms with Crippen molar-refractivity contribution < 1.29 is 12.8 Å². The number of piperazine rings is 1. The minimum atomic E-state index is -3.52. The van der Waals surface area contributed by atoms with Gasteiger partial charge in [0.2, 0.25) is 10.0 Å². The predicted molar refractivity (Wildman–Crippen MR) is 93.0 cm³/mol. The van der Waals surface area contributed by atoms with Crippen LogP contribution in [0.15, 0.2) is 23.1 Å². The largest absolute Gasteiger partial charge is 0.298 e. The summed E-state index contributed by atoms with van der Waals surface area (Å²) in [6, 6.07) is 4.66. The molecule has 0 unspecified atom stereocenters. The summed E-state index contributed by atoms with van der Waals surface area (Å²) in [5.41, 5.74) is 0.369. The van der Waals surface area contributed by atoms with Crippen LogP contribution in [0.25, 0.3) is 0 Å². The lowest BCUT2D eigenvalue weighted by atomic mass is 10.1. The van der Waals surface area contributed by atoms with E-state index in [1.54, 1.807) is 11.2 Å². The van der Waals surface area contributed by atoms with Crippen molar-refractivity contribution in [3.8, 4) is 0 Å². The van der Waals surface area contributed by atoms with Crippen molar-refractivity contribution in [2.75, 3.05) is 26.2 Å². The van der Waals surface area contributed by atoms with Crippen molar-refractivity contribution in [1.82, 2.24) is 9.21 Å². The molecule has 2 aliphatic rings. The third-order valence-corrected chi connectivity index (χ3v) is 7.28. The van der Waals surface area contributed by atoms with Gasteiger partial charge in [-0.15, -0.1) is 0 Å². The summed E-state index contributed by atoms with van der Waals surface area (Å²) in [6.07, 6.45) is 7.72. The fourth-order valence-corrected chi connectivity index (χ4v) is 5.37. The highest BCUT2D eigenvalue weighted by molar-refractivity contribution is 7.89. The van der Waals surface area contributed by atoms with Gasteiger partial charge in [-0.1, -0.05) is 25.7 Å². The Hall–Kier alpha value is -0.980. The minimum Gasteiger partial charge on any atom is -0.298 e. The summed E-state index contributed by atoms with van der Waals surface area (Å²) in [7, 11) is -3.52. The lowest BCUT2D eigenvalue weighted by Gasteiger charge is -2.38. The van der Waals surface area contributed by atoms with Crippen LogP contribution in [0.5, 0.6) is 0 Å². The van der Waals surface area contributed by atoms with E-state index in [4.69, 9.17) is 0 Å². The van der Waals surface area contributed by atoms with Gasteiger partial charge >= 0.3 is 0 Å². The van der Waals surface area contributed by atoms with E-state index in [0.717, 1.165) is 13.1 Å². The first kappa shape index (κ1) is 17.8. The van der Waals surface area contributed by atoms with Gasteiger partial charge in [0.1, 0.15) is 5.82 Å². The summed E-state index contributed by atoms with van der Waals surface area (Å²) in [5, 5.41) is 0. The summed E-state index contributed by atoms with van der Waals surface area (Å²) in [4.78, 5) is 2.66. The maximum atomic E-state index is 13.4. The second-order valence-electron chi connectivity index (χ2n) is 7.00. The first-order valence-electron chi connectivity index (χ1n) is 8.99. The first-order chi connectivity index (χ1) is 11.5. The number of benzene rings is 1. The van der Waals surface area contributed by atoms with Gasteiger partial charge in [0.15, 0.2) is 0 Å². The summed E-state index contributed by atoms with van der Waals surface area (Å²) >= 11 is 0. The van der Waals surface area contributed by atoms with E-state index in [1.165, 1.54) is 56.7 Å². The number of rotatable bonds is 3. The van der Waals surface area contributed by atoms with Crippen molar-refractivity contribution in [3.63, 3.8) is 0 Å². The summed E-state index contributed by atoms with van der Waals surface area (Å²) in [5.74, 6) is -0.368. The second-order valence-corrected chi connectivity index (χ2v) is 8.93. The van der Waals surface area contributed by atoms with Crippen LogP contribution in [0.1, 0.15) is 44.1 Å². The van der Waals surface area contributed by atoms with Crippen LogP contribution in [0.2, 0.25) is 0 Å². The molecule has 1 saturated heterocycles. The minimum absolute atomic E-state index is 0.198. The Kier molecular flexibility index (Phi) is 5.57. The van der Waals surface area contributed by atoms with Crippen molar-refractivity contribution in [3.05, 3.63) is 29.6 Å². The molecule has 1 heterocycles. The smallest absolute Gasteiger partial charge is 0.243 e. The second kappa shape index (κ2) is 7.50. The molecule has 1 aromatic rings. The Labute approximate surface area is 144 Å². The van der Waals surface area contributed by atoms with E-state index in [2.05, 4.69) is 4.90 Å². The SMILES string of the molecule is Cc1cc(S(=O)(=O)N2CCN(C3CCCCCC3)CC2)ccc1F. The Morgan fingerprint density at radius 2 is 1.62 bits per heavy atom. The first-order valence-corrected chi connectivity index (χ1v) is 10.4. The molecule has 1 saturated carbocycles. The lowest BCUT2D eigenvalue weighted by molar-refractivity contribution is 0.126. The fraction of sp³-hybridized carbons (Fsp3) is 0.667. The Morgan fingerprint density at radius 1 is 1.00 bits per heavy atom. The zero-order valence-corrected chi connectivity index (χ0v) is 15.2. The molecule has 1 aliphatic heterocycles. The van der Waals surface area contributed by atoms with E-state index in [0.29, 0.717) is 24.7 Å². The monoisotopic (exact) mass is 354 g/mol. The third kappa shape index (κ3) is 3.81. The molecule has 0 aromatic heterocycles. The molecule has 0 bridgehead atoms. The van der Waals surface area contributed by atoms with E-state index in [-0.39, 0.29) is 10.7 Å². The van der Waals surface area contributed by atoms with Gasteiger partial charge in [-0.2, -0.15) is 4.31 Å². The number of hydrogen-bond donors (Lipinski definition) is 0. The molecule has 1 aliphatic carbocycles. The van der Waals surface area contributed by atoms with Crippen molar-refractivity contribution >= 4 is 10.0 Å². The van der Waals surface area contributed by atoms with E-state index in [9.17, 15) is 12.8 Å². The molecular formula is C18H27FN2O2S. The standard InChI is InChI=1S/C18H27FN2O2S/c1-15-14-17(8-9-18(15)19)24(22,23)21-12-10-20(11-13-21)16-6-4-2-3-5-7-16/h8-9,14,16H,2-7,10-13H2,1H3. The van der Waals surface area contributed by atoms with Gasteiger partial charge in [-0.05, 0) is 43.5 Å². The highest BCUT2D eigenvalue weighted by Crippen LogP contribution is 2.25. The molecule has 0 radical (unpaired) electrons. The van der Waals surface area contributed by atoms with Crippen molar-refractivity contribution in [1.29, 1.82) is 0 Å². The Bertz CT molecular complexity index is 662. The highest BCUT2D eigenvalue weighted by Gasteiger charge is 2.31. The number of aryl methyl sites for hydroxylation is 1. The molecular weight excluding hydrogens is 327 g/mol. The third-order valence-electron chi connectivity index (χ3n) is 5.38. The molecule has 1 aromatic carbocycles. The zero-order chi connectivity index (χ0) is 17.2. The van der Waals surface area contributed by atoms with Gasteiger partial charge in [-0.25, -0.2) is 12.8 Å². The maximum absolute atomic E-state index is 13.4.